The summed E-state index contributed by atoms with van der Waals surface area (Å²) in [6, 6.07) is 12.2. The number of aromatic hydroxyl groups is 1. The number of methoxy groups -OCH3 is 1. The number of carbonyl (C=O) groups excluding carboxylic acids is 1. The van der Waals surface area contributed by atoms with Crippen LogP contribution in [0.25, 0.3) is 10.9 Å². The fourth-order valence-electron chi connectivity index (χ4n) is 2.29. The van der Waals surface area contributed by atoms with Gasteiger partial charge in [0, 0.05) is 11.6 Å². The smallest absolute Gasteiger partial charge is 0.273 e. The van der Waals surface area contributed by atoms with Crippen molar-refractivity contribution in [3.8, 4) is 11.5 Å². The van der Waals surface area contributed by atoms with Gasteiger partial charge in [-0.25, -0.2) is 5.43 Å². The molecule has 1 amide bonds. The summed E-state index contributed by atoms with van der Waals surface area (Å²) < 4.78 is 4.97. The van der Waals surface area contributed by atoms with Gasteiger partial charge in [-0.05, 0) is 35.9 Å². The number of aromatic nitrogens is 1. The molecular weight excluding hydrogens is 294 g/mol. The van der Waals surface area contributed by atoms with Crippen LogP contribution in [-0.4, -0.2) is 29.3 Å². The fraction of sp³-hybridized carbons (Fsp3) is 0.0588. The number of para-hydroxylation sites is 1. The molecule has 1 aromatic heterocycles. The number of carbonyl (C=O) groups is 1. The van der Waals surface area contributed by atoms with Crippen molar-refractivity contribution < 1.29 is 14.6 Å². The van der Waals surface area contributed by atoms with E-state index in [-0.39, 0.29) is 11.7 Å². The first-order valence-corrected chi connectivity index (χ1v) is 6.95. The highest BCUT2D eigenvalue weighted by atomic mass is 16.5. The van der Waals surface area contributed by atoms with Crippen molar-refractivity contribution in [1.82, 2.24) is 10.4 Å². The molecule has 0 aliphatic rings. The summed E-state index contributed by atoms with van der Waals surface area (Å²) in [7, 11) is 1.48. The van der Waals surface area contributed by atoms with Gasteiger partial charge in [-0.1, -0.05) is 12.1 Å². The van der Waals surface area contributed by atoms with Crippen molar-refractivity contribution >= 4 is 23.0 Å². The topological polar surface area (TPSA) is 86.7 Å². The van der Waals surface area contributed by atoms with Crippen LogP contribution in [0.3, 0.4) is 0 Å². The monoisotopic (exact) mass is 309 g/mol. The number of hydrogen-bond acceptors (Lipinski definition) is 4. The number of nitrogens with zero attached hydrogens (tertiary/aromatic N) is 1. The summed E-state index contributed by atoms with van der Waals surface area (Å²) in [5, 5.41) is 14.6. The Labute approximate surface area is 132 Å². The summed E-state index contributed by atoms with van der Waals surface area (Å²) >= 11 is 0. The van der Waals surface area contributed by atoms with Crippen LogP contribution in [0.1, 0.15) is 15.9 Å². The van der Waals surface area contributed by atoms with Gasteiger partial charge >= 0.3 is 0 Å². The molecule has 0 bridgehead atoms. The van der Waals surface area contributed by atoms with Crippen molar-refractivity contribution in [3.63, 3.8) is 0 Å². The van der Waals surface area contributed by atoms with E-state index in [0.29, 0.717) is 16.9 Å². The van der Waals surface area contributed by atoms with E-state index < -0.39 is 0 Å². The highest BCUT2D eigenvalue weighted by Crippen LogP contribution is 2.25. The number of amides is 1. The SMILES string of the molecule is COc1ccc(/C=N\NC(=O)c2cccc3cc[nH]c23)cc1O. The minimum absolute atomic E-state index is 0.0129. The summed E-state index contributed by atoms with van der Waals surface area (Å²) in [5.41, 5.74) is 4.40. The van der Waals surface area contributed by atoms with E-state index in [1.165, 1.54) is 19.4 Å². The van der Waals surface area contributed by atoms with Gasteiger partial charge in [0.1, 0.15) is 0 Å². The zero-order valence-electron chi connectivity index (χ0n) is 12.4. The third kappa shape index (κ3) is 3.01. The maximum absolute atomic E-state index is 12.2. The van der Waals surface area contributed by atoms with E-state index in [4.69, 9.17) is 4.74 Å². The molecule has 0 saturated heterocycles. The molecule has 0 saturated carbocycles. The van der Waals surface area contributed by atoms with E-state index in [1.807, 2.05) is 18.2 Å². The van der Waals surface area contributed by atoms with Crippen LogP contribution in [0, 0.1) is 0 Å². The molecule has 0 aliphatic heterocycles. The third-order valence-electron chi connectivity index (χ3n) is 3.41. The molecule has 116 valence electrons. The number of phenolic OH excluding ortho intramolecular Hbond substituents is 1. The molecule has 3 N–H and O–H groups in total. The first-order valence-electron chi connectivity index (χ1n) is 6.95. The first-order chi connectivity index (χ1) is 11.2. The molecule has 6 nitrogen and oxygen atoms in total. The Kier molecular flexibility index (Phi) is 3.97. The molecule has 1 heterocycles. The van der Waals surface area contributed by atoms with Gasteiger partial charge in [0.25, 0.3) is 5.91 Å². The summed E-state index contributed by atoms with van der Waals surface area (Å²) in [4.78, 5) is 15.2. The van der Waals surface area contributed by atoms with E-state index in [9.17, 15) is 9.90 Å². The lowest BCUT2D eigenvalue weighted by atomic mass is 10.1. The second kappa shape index (κ2) is 6.23. The molecule has 0 aliphatic carbocycles. The van der Waals surface area contributed by atoms with Crippen LogP contribution in [-0.2, 0) is 0 Å². The zero-order valence-corrected chi connectivity index (χ0v) is 12.4. The second-order valence-electron chi connectivity index (χ2n) is 4.88. The van der Waals surface area contributed by atoms with Crippen molar-refractivity contribution in [3.05, 3.63) is 59.8 Å². The van der Waals surface area contributed by atoms with Crippen molar-refractivity contribution in [1.29, 1.82) is 0 Å². The lowest BCUT2D eigenvalue weighted by molar-refractivity contribution is 0.0956. The Bertz CT molecular complexity index is 884. The van der Waals surface area contributed by atoms with Gasteiger partial charge in [0.2, 0.25) is 0 Å². The molecule has 0 radical (unpaired) electrons. The number of H-pyrrole nitrogens is 1. The number of benzene rings is 2. The molecule has 0 fully saturated rings. The number of nitrogens with one attached hydrogen (secondary N) is 2. The zero-order chi connectivity index (χ0) is 16.2. The minimum Gasteiger partial charge on any atom is -0.504 e. The highest BCUT2D eigenvalue weighted by Gasteiger charge is 2.09. The minimum atomic E-state index is -0.313. The number of ether oxygens (including phenoxy) is 1. The van der Waals surface area contributed by atoms with Crippen LogP contribution in [0.15, 0.2) is 53.8 Å². The molecule has 0 atom stereocenters. The number of aromatic amines is 1. The maximum atomic E-state index is 12.2. The van der Waals surface area contributed by atoms with E-state index in [1.54, 1.807) is 24.4 Å². The normalized spacial score (nSPS) is 11.0. The summed E-state index contributed by atoms with van der Waals surface area (Å²) in [6.45, 7) is 0. The molecule has 2 aromatic carbocycles. The predicted octanol–water partition coefficient (Wildman–Crippen LogP) is 2.65. The Balaban J connectivity index is 1.74. The quantitative estimate of drug-likeness (QED) is 0.511. The van der Waals surface area contributed by atoms with Gasteiger partial charge in [-0.15, -0.1) is 0 Å². The van der Waals surface area contributed by atoms with E-state index in [2.05, 4.69) is 15.5 Å². The molecular formula is C17H15N3O3. The summed E-state index contributed by atoms with van der Waals surface area (Å²) in [6.07, 6.45) is 3.23. The lowest BCUT2D eigenvalue weighted by Gasteiger charge is -2.04. The standard InChI is InChI=1S/C17H15N3O3/c1-23-15-6-5-11(9-14(15)21)10-19-20-17(22)13-4-2-3-12-7-8-18-16(12)13/h2-10,18,21H,1H3,(H,20,22)/b19-10-. The summed E-state index contributed by atoms with van der Waals surface area (Å²) in [5.74, 6) is 0.0792. The van der Waals surface area contributed by atoms with Crippen LogP contribution in [0.5, 0.6) is 11.5 Å². The van der Waals surface area contributed by atoms with Crippen LogP contribution in [0.2, 0.25) is 0 Å². The fourth-order valence-corrected chi connectivity index (χ4v) is 2.29. The van der Waals surface area contributed by atoms with Crippen molar-refractivity contribution in [2.75, 3.05) is 7.11 Å². The van der Waals surface area contributed by atoms with Crippen LogP contribution >= 0.6 is 0 Å². The lowest BCUT2D eigenvalue weighted by Crippen LogP contribution is -2.17. The van der Waals surface area contributed by atoms with Gasteiger partial charge in [0.15, 0.2) is 11.5 Å². The number of hydrazone groups is 1. The Morgan fingerprint density at radius 3 is 2.96 bits per heavy atom. The largest absolute Gasteiger partial charge is 0.504 e. The molecule has 23 heavy (non-hydrogen) atoms. The highest BCUT2D eigenvalue weighted by molar-refractivity contribution is 6.05. The first kappa shape index (κ1) is 14.6. The molecule has 0 spiro atoms. The predicted molar refractivity (Wildman–Crippen MR) is 88.0 cm³/mol. The Hall–Kier alpha value is -3.28. The molecule has 3 rings (SSSR count). The van der Waals surface area contributed by atoms with Crippen molar-refractivity contribution in [2.45, 2.75) is 0 Å². The average molecular weight is 309 g/mol. The van der Waals surface area contributed by atoms with E-state index >= 15 is 0 Å². The molecule has 3 aromatic rings. The van der Waals surface area contributed by atoms with E-state index in [0.717, 1.165) is 10.9 Å². The van der Waals surface area contributed by atoms with Crippen molar-refractivity contribution in [2.24, 2.45) is 5.10 Å². The average Bonchev–Trinajstić information content (AvgIpc) is 3.03. The van der Waals surface area contributed by atoms with Gasteiger partial charge in [0.05, 0.1) is 24.4 Å². The molecule has 0 unspecified atom stereocenters. The van der Waals surface area contributed by atoms with Crippen LogP contribution < -0.4 is 10.2 Å². The molecule has 6 heteroatoms. The third-order valence-corrected chi connectivity index (χ3v) is 3.41. The van der Waals surface area contributed by atoms with Gasteiger partial charge in [-0.3, -0.25) is 4.79 Å². The second-order valence-corrected chi connectivity index (χ2v) is 4.88. The Morgan fingerprint density at radius 1 is 1.30 bits per heavy atom. The number of hydrogen-bond donors (Lipinski definition) is 3. The van der Waals surface area contributed by atoms with Crippen LogP contribution in [0.4, 0.5) is 0 Å². The number of fused-ring (bicyclic) bond motifs is 1. The number of phenols is 1. The number of rotatable bonds is 4. The Morgan fingerprint density at radius 2 is 2.17 bits per heavy atom. The van der Waals surface area contributed by atoms with Gasteiger partial charge < -0.3 is 14.8 Å². The van der Waals surface area contributed by atoms with Gasteiger partial charge in [-0.2, -0.15) is 5.10 Å². The maximum Gasteiger partial charge on any atom is 0.273 e.